The lowest BCUT2D eigenvalue weighted by molar-refractivity contribution is 0.334. The molecule has 0 amide bonds. The number of nitrogens with one attached hydrogen (secondary N) is 1. The summed E-state index contributed by atoms with van der Waals surface area (Å²) >= 11 is 0. The minimum Gasteiger partial charge on any atom is -0.373 e. The maximum Gasteiger partial charge on any atom is 0.282 e. The smallest absolute Gasteiger partial charge is 0.282 e. The summed E-state index contributed by atoms with van der Waals surface area (Å²) in [5.41, 5.74) is 0.769. The van der Waals surface area contributed by atoms with Crippen LogP contribution in [0, 0.1) is 6.92 Å². The van der Waals surface area contributed by atoms with Gasteiger partial charge in [0, 0.05) is 32.7 Å². The quantitative estimate of drug-likeness (QED) is 0.857. The summed E-state index contributed by atoms with van der Waals surface area (Å²) in [7, 11) is -1.65. The molecule has 1 aliphatic rings. The molecule has 0 spiro atoms. The Morgan fingerprint density at radius 2 is 2.05 bits per heavy atom. The van der Waals surface area contributed by atoms with Crippen molar-refractivity contribution in [3.05, 3.63) is 17.6 Å². The summed E-state index contributed by atoms with van der Waals surface area (Å²) in [6, 6.07) is 1.63. The predicted octanol–water partition coefficient (Wildman–Crippen LogP) is 1.55. The molecular weight excluding hydrogens is 302 g/mol. The molecule has 1 saturated heterocycles. The van der Waals surface area contributed by atoms with E-state index in [1.54, 1.807) is 11.4 Å². The van der Waals surface area contributed by atoms with Crippen LogP contribution < -0.4 is 5.32 Å². The van der Waals surface area contributed by atoms with Crippen molar-refractivity contribution in [2.24, 2.45) is 0 Å². The van der Waals surface area contributed by atoms with E-state index in [1.807, 2.05) is 26.8 Å². The molecule has 1 N–H and O–H groups in total. The third-order valence-electron chi connectivity index (χ3n) is 3.99. The van der Waals surface area contributed by atoms with Crippen molar-refractivity contribution in [2.45, 2.75) is 39.7 Å². The maximum absolute atomic E-state index is 12.8. The molecule has 22 heavy (non-hydrogen) atoms. The first kappa shape index (κ1) is 17.1. The molecule has 1 aliphatic heterocycles. The Labute approximate surface area is 132 Å². The first-order valence-electron chi connectivity index (χ1n) is 7.74. The van der Waals surface area contributed by atoms with Gasteiger partial charge in [0.2, 0.25) is 0 Å². The lowest BCUT2D eigenvalue weighted by Gasteiger charge is -2.29. The second-order valence-corrected chi connectivity index (χ2v) is 7.22. The number of rotatable bonds is 6. The zero-order valence-electron chi connectivity index (χ0n) is 13.7. The Kier molecular flexibility index (Phi) is 5.36. The van der Waals surface area contributed by atoms with E-state index in [2.05, 4.69) is 15.3 Å². The fourth-order valence-electron chi connectivity index (χ4n) is 2.90. The van der Waals surface area contributed by atoms with Gasteiger partial charge in [0.15, 0.2) is 0 Å². The van der Waals surface area contributed by atoms with Gasteiger partial charge in [-0.3, -0.25) is 0 Å². The van der Waals surface area contributed by atoms with Crippen molar-refractivity contribution >= 4 is 16.0 Å². The van der Waals surface area contributed by atoms with E-state index >= 15 is 0 Å². The minimum atomic E-state index is -3.44. The Morgan fingerprint density at radius 1 is 1.36 bits per heavy atom. The van der Waals surface area contributed by atoms with Crippen LogP contribution in [0.3, 0.4) is 0 Å². The third kappa shape index (κ3) is 3.23. The molecule has 1 unspecified atom stereocenters. The largest absolute Gasteiger partial charge is 0.373 e. The molecule has 0 aromatic carbocycles. The van der Waals surface area contributed by atoms with Crippen LogP contribution in [0.4, 0.5) is 5.82 Å². The predicted molar refractivity (Wildman–Crippen MR) is 86.8 cm³/mol. The average Bonchev–Trinajstić information content (AvgIpc) is 2.97. The van der Waals surface area contributed by atoms with Gasteiger partial charge in [0.1, 0.15) is 11.6 Å². The molecule has 2 heterocycles. The van der Waals surface area contributed by atoms with Gasteiger partial charge in [0.05, 0.1) is 11.7 Å². The first-order chi connectivity index (χ1) is 10.4. The van der Waals surface area contributed by atoms with Crippen molar-refractivity contribution in [2.75, 3.05) is 32.0 Å². The van der Waals surface area contributed by atoms with Crippen LogP contribution in [0.1, 0.15) is 44.2 Å². The monoisotopic (exact) mass is 327 g/mol. The third-order valence-corrected chi connectivity index (χ3v) is 6.19. The number of anilines is 1. The van der Waals surface area contributed by atoms with E-state index in [1.165, 1.54) is 4.31 Å². The summed E-state index contributed by atoms with van der Waals surface area (Å²) < 4.78 is 28.7. The van der Waals surface area contributed by atoms with Crippen LogP contribution in [-0.4, -0.2) is 53.7 Å². The number of nitrogens with zero attached hydrogens (tertiary/aromatic N) is 4. The molecule has 1 atom stereocenters. The Morgan fingerprint density at radius 3 is 2.64 bits per heavy atom. The summed E-state index contributed by atoms with van der Waals surface area (Å²) in [4.78, 5) is 8.74. The molecule has 7 nitrogen and oxygen atoms in total. The summed E-state index contributed by atoms with van der Waals surface area (Å²) in [5.74, 6) is 1.36. The molecule has 124 valence electrons. The Balaban J connectivity index is 2.37. The number of aromatic nitrogens is 2. The van der Waals surface area contributed by atoms with Crippen molar-refractivity contribution in [3.8, 4) is 0 Å². The van der Waals surface area contributed by atoms with Gasteiger partial charge in [0.25, 0.3) is 10.2 Å². The second-order valence-electron chi connectivity index (χ2n) is 5.34. The average molecular weight is 327 g/mol. The normalized spacial score (nSPS) is 19.8. The topological polar surface area (TPSA) is 78.4 Å². The Bertz CT molecular complexity index is 616. The van der Waals surface area contributed by atoms with Crippen molar-refractivity contribution < 1.29 is 8.42 Å². The van der Waals surface area contributed by atoms with Crippen LogP contribution in [-0.2, 0) is 10.2 Å². The molecule has 0 radical (unpaired) electrons. The highest BCUT2D eigenvalue weighted by atomic mass is 32.2. The van der Waals surface area contributed by atoms with Crippen molar-refractivity contribution in [1.82, 2.24) is 18.6 Å². The highest BCUT2D eigenvalue weighted by Crippen LogP contribution is 2.34. The van der Waals surface area contributed by atoms with Gasteiger partial charge in [-0.05, 0) is 19.8 Å². The molecule has 8 heteroatoms. The fourth-order valence-corrected chi connectivity index (χ4v) is 4.74. The lowest BCUT2D eigenvalue weighted by atomic mass is 10.1. The molecule has 1 aromatic heterocycles. The standard InChI is InChI=1S/C14H25N5O2S/c1-5-18(6-2)22(20,21)19-9-7-8-13(19)12-10-14(15-4)17-11(3)16-12/h10,13H,5-9H2,1-4H3,(H,15,16,17). The minimum absolute atomic E-state index is 0.209. The summed E-state index contributed by atoms with van der Waals surface area (Å²) in [6.45, 7) is 7.04. The SMILES string of the molecule is CCN(CC)S(=O)(=O)N1CCCC1c1cc(NC)nc(C)n1. The van der Waals surface area contributed by atoms with Gasteiger partial charge < -0.3 is 5.32 Å². The van der Waals surface area contributed by atoms with E-state index in [4.69, 9.17) is 0 Å². The van der Waals surface area contributed by atoms with Gasteiger partial charge >= 0.3 is 0 Å². The maximum atomic E-state index is 12.8. The van der Waals surface area contributed by atoms with Crippen LogP contribution in [0.15, 0.2) is 6.07 Å². The van der Waals surface area contributed by atoms with E-state index in [0.29, 0.717) is 25.5 Å². The number of hydrogen-bond donors (Lipinski definition) is 1. The Hall–Kier alpha value is -1.25. The first-order valence-corrected chi connectivity index (χ1v) is 9.14. The molecule has 2 rings (SSSR count). The molecule has 1 aromatic rings. The van der Waals surface area contributed by atoms with Gasteiger partial charge in [-0.15, -0.1) is 0 Å². The van der Waals surface area contributed by atoms with Crippen LogP contribution in [0.25, 0.3) is 0 Å². The van der Waals surface area contributed by atoms with Crippen LogP contribution in [0.5, 0.6) is 0 Å². The van der Waals surface area contributed by atoms with Gasteiger partial charge in [-0.25, -0.2) is 9.97 Å². The highest BCUT2D eigenvalue weighted by molar-refractivity contribution is 7.86. The zero-order chi connectivity index (χ0) is 16.3. The summed E-state index contributed by atoms with van der Waals surface area (Å²) in [6.07, 6.45) is 1.64. The number of hydrogen-bond acceptors (Lipinski definition) is 5. The molecule has 0 bridgehead atoms. The van der Waals surface area contributed by atoms with Gasteiger partial charge in [-0.1, -0.05) is 13.8 Å². The second kappa shape index (κ2) is 6.89. The van der Waals surface area contributed by atoms with Crippen LogP contribution >= 0.6 is 0 Å². The molecular formula is C14H25N5O2S. The molecule has 1 fully saturated rings. The van der Waals surface area contributed by atoms with Crippen molar-refractivity contribution in [1.29, 1.82) is 0 Å². The van der Waals surface area contributed by atoms with Crippen LogP contribution in [0.2, 0.25) is 0 Å². The highest BCUT2D eigenvalue weighted by Gasteiger charge is 2.38. The zero-order valence-corrected chi connectivity index (χ0v) is 14.5. The van der Waals surface area contributed by atoms with Crippen molar-refractivity contribution in [3.63, 3.8) is 0 Å². The molecule has 0 saturated carbocycles. The van der Waals surface area contributed by atoms with E-state index in [9.17, 15) is 8.42 Å². The lowest BCUT2D eigenvalue weighted by Crippen LogP contribution is -2.43. The van der Waals surface area contributed by atoms with E-state index in [0.717, 1.165) is 24.4 Å². The summed E-state index contributed by atoms with van der Waals surface area (Å²) in [5, 5.41) is 3.00. The molecule has 0 aliphatic carbocycles. The fraction of sp³-hybridized carbons (Fsp3) is 0.714. The number of aryl methyl sites for hydroxylation is 1. The van der Waals surface area contributed by atoms with E-state index < -0.39 is 10.2 Å². The van der Waals surface area contributed by atoms with Gasteiger partial charge in [-0.2, -0.15) is 17.0 Å². The van der Waals surface area contributed by atoms with E-state index in [-0.39, 0.29) is 6.04 Å².